The van der Waals surface area contributed by atoms with E-state index in [1.807, 2.05) is 6.07 Å². The van der Waals surface area contributed by atoms with E-state index >= 15 is 8.22 Å². The molecule has 0 saturated heterocycles. The normalized spacial score (nSPS) is 33.6. The molecule has 1 aromatic rings. The highest BCUT2D eigenvalue weighted by Gasteiger charge is 2.63. The van der Waals surface area contributed by atoms with Crippen LogP contribution in [0.2, 0.25) is 30.7 Å². The summed E-state index contributed by atoms with van der Waals surface area (Å²) < 4.78 is 30.5. The summed E-state index contributed by atoms with van der Waals surface area (Å²) in [5.74, 6) is 0.900. The van der Waals surface area contributed by atoms with Crippen LogP contribution in [-0.4, -0.2) is 16.8 Å². The number of fused-ring (bicyclic) bond motifs is 2. The minimum Gasteiger partial charge on any atom is -0.264 e. The van der Waals surface area contributed by atoms with Crippen molar-refractivity contribution in [3.63, 3.8) is 0 Å². The van der Waals surface area contributed by atoms with Gasteiger partial charge in [-0.3, -0.25) is 8.22 Å². The molecule has 3 rings (SSSR count). The van der Waals surface area contributed by atoms with E-state index in [-0.39, 0.29) is 5.54 Å². The van der Waals surface area contributed by atoms with Gasteiger partial charge < -0.3 is 0 Å². The van der Waals surface area contributed by atoms with E-state index in [2.05, 4.69) is 19.6 Å². The van der Waals surface area contributed by atoms with Gasteiger partial charge in [-0.2, -0.15) is 0 Å². The van der Waals surface area contributed by atoms with Gasteiger partial charge in [-0.1, -0.05) is 56.4 Å². The lowest BCUT2D eigenvalue weighted by Crippen LogP contribution is -2.51. The van der Waals surface area contributed by atoms with Crippen LogP contribution in [0, 0.1) is 11.8 Å². The van der Waals surface area contributed by atoms with E-state index in [1.165, 1.54) is 6.42 Å². The average molecular weight is 311 g/mol. The molecule has 2 aliphatic carbocycles. The number of hydrogen-bond acceptors (Lipinski definition) is 0. The van der Waals surface area contributed by atoms with Crippen molar-refractivity contribution >= 4 is 22.0 Å². The maximum Gasteiger partial charge on any atom is 0.458 e. The maximum atomic E-state index is 15.3. The predicted octanol–water partition coefficient (Wildman–Crippen LogP) is 4.78. The molecule has 2 saturated carbocycles. The van der Waals surface area contributed by atoms with Crippen molar-refractivity contribution < 1.29 is 8.22 Å². The van der Waals surface area contributed by atoms with Crippen LogP contribution in [0.1, 0.15) is 19.3 Å². The molecule has 2 fully saturated rings. The van der Waals surface area contributed by atoms with E-state index in [0.717, 1.165) is 12.8 Å². The van der Waals surface area contributed by atoms with Crippen LogP contribution in [0.3, 0.4) is 0 Å². The van der Waals surface area contributed by atoms with Crippen molar-refractivity contribution in [1.29, 1.82) is 0 Å². The van der Waals surface area contributed by atoms with Gasteiger partial charge in [0.2, 0.25) is 0 Å². The molecule has 20 heavy (non-hydrogen) atoms. The highest BCUT2D eigenvalue weighted by atomic mass is 28.4. The van der Waals surface area contributed by atoms with Crippen LogP contribution in [0.4, 0.5) is 8.22 Å². The standard InChI is InChI=1S/C16H24F2Si2/c1-19(2,3)15-12-9-10-13(11-12)16(15)20(17,18)14-7-5-4-6-8-14/h4-8,12-13,15-16H,9-11H2,1-3H3/t12-,13+,15+,16-/m1/s1. The molecule has 110 valence electrons. The Morgan fingerprint density at radius 3 is 2.00 bits per heavy atom. The van der Waals surface area contributed by atoms with Gasteiger partial charge >= 0.3 is 8.74 Å². The van der Waals surface area contributed by atoms with Gasteiger partial charge in [0.15, 0.2) is 0 Å². The molecule has 4 heteroatoms. The van der Waals surface area contributed by atoms with E-state index in [9.17, 15) is 0 Å². The van der Waals surface area contributed by atoms with E-state index in [4.69, 9.17) is 0 Å². The molecule has 0 unspecified atom stereocenters. The quantitative estimate of drug-likeness (QED) is 0.556. The molecule has 0 spiro atoms. The Morgan fingerprint density at radius 2 is 1.45 bits per heavy atom. The van der Waals surface area contributed by atoms with Gasteiger partial charge in [-0.25, -0.2) is 0 Å². The van der Waals surface area contributed by atoms with Gasteiger partial charge in [0.25, 0.3) is 0 Å². The highest BCUT2D eigenvalue weighted by Crippen LogP contribution is 2.65. The van der Waals surface area contributed by atoms with Crippen molar-refractivity contribution in [3.05, 3.63) is 30.3 Å². The predicted molar refractivity (Wildman–Crippen MR) is 85.7 cm³/mol. The first kappa shape index (κ1) is 14.5. The average Bonchev–Trinajstić information content (AvgIpc) is 2.99. The Bertz CT molecular complexity index is 481. The SMILES string of the molecule is C[Si](C)(C)[C@H]1[C@@H]2CC[C@@H](C2)[C@H]1[Si](F)(F)c1ccccc1. The van der Waals surface area contributed by atoms with Crippen molar-refractivity contribution in [2.24, 2.45) is 11.8 Å². The van der Waals surface area contributed by atoms with Crippen molar-refractivity contribution in [1.82, 2.24) is 0 Å². The Morgan fingerprint density at radius 1 is 0.900 bits per heavy atom. The van der Waals surface area contributed by atoms with E-state index in [1.54, 1.807) is 24.3 Å². The first-order valence-electron chi connectivity index (χ1n) is 7.75. The lowest BCUT2D eigenvalue weighted by molar-refractivity contribution is 0.417. The summed E-state index contributed by atoms with van der Waals surface area (Å²) in [6.45, 7) is 6.88. The number of hydrogen-bond donors (Lipinski definition) is 0. The van der Waals surface area contributed by atoms with E-state index in [0.29, 0.717) is 22.6 Å². The summed E-state index contributed by atoms with van der Waals surface area (Å²) in [5.41, 5.74) is 0.0541. The van der Waals surface area contributed by atoms with Crippen molar-refractivity contribution in [3.8, 4) is 0 Å². The number of halogens is 2. The van der Waals surface area contributed by atoms with E-state index < -0.39 is 16.8 Å². The zero-order valence-electron chi connectivity index (χ0n) is 12.6. The molecule has 0 amide bonds. The molecule has 0 N–H and O–H groups in total. The molecule has 0 radical (unpaired) electrons. The molecule has 4 atom stereocenters. The van der Waals surface area contributed by atoms with Crippen LogP contribution >= 0.6 is 0 Å². The summed E-state index contributed by atoms with van der Waals surface area (Å²) >= 11 is 0. The monoisotopic (exact) mass is 310 g/mol. The van der Waals surface area contributed by atoms with Crippen LogP contribution in [0.5, 0.6) is 0 Å². The molecular weight excluding hydrogens is 286 g/mol. The minimum atomic E-state index is -4.34. The maximum absolute atomic E-state index is 15.3. The molecule has 1 aromatic carbocycles. The third-order valence-corrected chi connectivity index (χ3v) is 11.4. The molecule has 2 aliphatic rings. The topological polar surface area (TPSA) is 0 Å². The summed E-state index contributed by atoms with van der Waals surface area (Å²) in [6.07, 6.45) is 3.33. The molecule has 2 bridgehead atoms. The van der Waals surface area contributed by atoms with Crippen molar-refractivity contribution in [2.75, 3.05) is 0 Å². The van der Waals surface area contributed by atoms with Gasteiger partial charge in [-0.15, -0.1) is 0 Å². The van der Waals surface area contributed by atoms with Crippen LogP contribution in [0.25, 0.3) is 0 Å². The second kappa shape index (κ2) is 4.77. The van der Waals surface area contributed by atoms with Crippen LogP contribution in [0.15, 0.2) is 30.3 Å². The fraction of sp³-hybridized carbons (Fsp3) is 0.625. The zero-order chi connectivity index (χ0) is 14.5. The second-order valence-electron chi connectivity index (χ2n) is 7.74. The summed E-state index contributed by atoms with van der Waals surface area (Å²) in [4.78, 5) is 0. The Hall–Kier alpha value is -0.486. The first-order chi connectivity index (χ1) is 9.32. The fourth-order valence-electron chi connectivity index (χ4n) is 4.91. The Labute approximate surface area is 123 Å². The van der Waals surface area contributed by atoms with Gasteiger partial charge in [0.1, 0.15) is 0 Å². The molecular formula is C16H24F2Si2. The lowest BCUT2D eigenvalue weighted by atomic mass is 9.99. The summed E-state index contributed by atoms with van der Waals surface area (Å²) in [6, 6.07) is 8.71. The molecule has 0 heterocycles. The highest BCUT2D eigenvalue weighted by molar-refractivity contribution is 6.85. The third-order valence-electron chi connectivity index (χ3n) is 5.49. The second-order valence-corrected chi connectivity index (χ2v) is 15.6. The minimum absolute atomic E-state index is 0.282. The third kappa shape index (κ3) is 2.21. The van der Waals surface area contributed by atoms with Crippen LogP contribution < -0.4 is 5.19 Å². The fourth-order valence-corrected chi connectivity index (χ4v) is 12.7. The molecule has 0 aromatic heterocycles. The summed E-state index contributed by atoms with van der Waals surface area (Å²) in [5, 5.41) is 0.362. The van der Waals surface area contributed by atoms with Crippen molar-refractivity contribution in [2.45, 2.75) is 50.0 Å². The lowest BCUT2D eigenvalue weighted by Gasteiger charge is -2.41. The summed E-state index contributed by atoms with van der Waals surface area (Å²) in [7, 11) is -5.87. The van der Waals surface area contributed by atoms with Gasteiger partial charge in [0.05, 0.1) is 0 Å². The smallest absolute Gasteiger partial charge is 0.264 e. The number of benzene rings is 1. The largest absolute Gasteiger partial charge is 0.458 e. The number of rotatable bonds is 3. The first-order valence-corrected chi connectivity index (χ1v) is 13.2. The molecule has 0 aliphatic heterocycles. The molecule has 0 nitrogen and oxygen atoms in total. The zero-order valence-corrected chi connectivity index (χ0v) is 14.6. The van der Waals surface area contributed by atoms with Crippen LogP contribution in [-0.2, 0) is 0 Å². The Balaban J connectivity index is 1.99. The van der Waals surface area contributed by atoms with Gasteiger partial charge in [0, 0.05) is 18.8 Å². The van der Waals surface area contributed by atoms with Gasteiger partial charge in [-0.05, 0) is 30.2 Å². The Kier molecular flexibility index (Phi) is 3.44.